The van der Waals surface area contributed by atoms with Crippen molar-refractivity contribution in [2.75, 3.05) is 0 Å². The van der Waals surface area contributed by atoms with Crippen LogP contribution in [0.4, 0.5) is 0 Å². The van der Waals surface area contributed by atoms with E-state index in [-0.39, 0.29) is 0 Å². The average molecular weight is 156 g/mol. The van der Waals surface area contributed by atoms with Crippen molar-refractivity contribution in [3.8, 4) is 0 Å². The molecule has 0 radical (unpaired) electrons. The predicted molar refractivity (Wildman–Crippen MR) is 44.3 cm³/mol. The van der Waals surface area contributed by atoms with E-state index in [0.29, 0.717) is 0 Å². The van der Waals surface area contributed by atoms with Crippen LogP contribution in [-0.2, 0) is 6.42 Å². The minimum absolute atomic E-state index is 1.20. The number of aryl methyl sites for hydroxylation is 1. The van der Waals surface area contributed by atoms with Gasteiger partial charge in [0.2, 0.25) is 0 Å². The molecule has 0 aliphatic carbocycles. The maximum atomic E-state index is 3.92. The van der Waals surface area contributed by atoms with Crippen molar-refractivity contribution < 1.29 is 0 Å². The zero-order valence-electron chi connectivity index (χ0n) is 6.30. The Morgan fingerprint density at radius 3 is 3.10 bits per heavy atom. The Hall–Kier alpha value is -0.360. The Bertz CT molecular complexity index is 160. The lowest BCUT2D eigenvalue weighted by atomic mass is 10.2. The van der Waals surface area contributed by atoms with Gasteiger partial charge >= 0.3 is 0 Å². The summed E-state index contributed by atoms with van der Waals surface area (Å²) in [6, 6.07) is 0. The molecular weight excluding hydrogens is 143 g/mol. The van der Waals surface area contributed by atoms with Crippen LogP contribution in [0.25, 0.3) is 0 Å². The molecule has 0 aromatic carbocycles. The van der Waals surface area contributed by atoms with E-state index in [1.54, 1.807) is 0 Å². The molecule has 0 aliphatic heterocycles. The number of hydrogen-bond donors (Lipinski definition) is 1. The third kappa shape index (κ3) is 2.49. The number of H-pyrrole nitrogens is 1. The summed E-state index contributed by atoms with van der Waals surface area (Å²) < 4.78 is 0. The molecule has 0 amide bonds. The van der Waals surface area contributed by atoms with Crippen LogP contribution in [0.5, 0.6) is 0 Å². The standard InChI is InChI=1S/C7H13N2P/c1-2-3-4-5-7-6-8-9-10-7/h6H,2-5H2,1H3,(H,8,9). The molecule has 10 heavy (non-hydrogen) atoms. The maximum Gasteiger partial charge on any atom is 0.0567 e. The molecule has 0 unspecified atom stereocenters. The lowest BCUT2D eigenvalue weighted by molar-refractivity contribution is 0.722. The molecule has 0 saturated heterocycles. The normalized spacial score (nSPS) is 10.9. The maximum absolute atomic E-state index is 3.92. The number of nitrogens with one attached hydrogen (secondary N) is 1. The number of hydrogen-bond acceptors (Lipinski definition) is 1. The predicted octanol–water partition coefficient (Wildman–Crippen LogP) is 2.72. The van der Waals surface area contributed by atoms with Crippen LogP contribution >= 0.6 is 8.35 Å². The molecule has 0 fully saturated rings. The van der Waals surface area contributed by atoms with Crippen LogP contribution in [-0.4, -0.2) is 9.96 Å². The summed E-state index contributed by atoms with van der Waals surface area (Å²) in [7, 11) is 1.20. The van der Waals surface area contributed by atoms with E-state index < -0.39 is 0 Å². The number of nitrogens with zero attached hydrogens (tertiary/aromatic N) is 1. The highest BCUT2D eigenvalue weighted by molar-refractivity contribution is 7.26. The van der Waals surface area contributed by atoms with Crippen molar-refractivity contribution in [1.82, 2.24) is 9.96 Å². The van der Waals surface area contributed by atoms with E-state index in [1.807, 2.05) is 6.20 Å². The largest absolute Gasteiger partial charge is 0.260 e. The average Bonchev–Trinajstić information content (AvgIpc) is 2.41. The topological polar surface area (TPSA) is 28.7 Å². The highest BCUT2D eigenvalue weighted by Gasteiger charge is 1.92. The Morgan fingerprint density at radius 1 is 1.60 bits per heavy atom. The monoisotopic (exact) mass is 156 g/mol. The van der Waals surface area contributed by atoms with Crippen molar-refractivity contribution in [1.29, 1.82) is 0 Å². The molecule has 0 saturated carbocycles. The highest BCUT2D eigenvalue weighted by atomic mass is 31.0. The van der Waals surface area contributed by atoms with Gasteiger partial charge in [-0.05, 0) is 12.8 Å². The summed E-state index contributed by atoms with van der Waals surface area (Å²) in [6.45, 7) is 2.23. The van der Waals surface area contributed by atoms with Gasteiger partial charge in [0.05, 0.1) is 6.20 Å². The number of unbranched alkanes of at least 4 members (excludes halogenated alkanes) is 2. The summed E-state index contributed by atoms with van der Waals surface area (Å²) in [4.78, 5) is 2.90. The van der Waals surface area contributed by atoms with Gasteiger partial charge in [-0.15, -0.1) is 0 Å². The fourth-order valence-corrected chi connectivity index (χ4v) is 1.53. The van der Waals surface area contributed by atoms with Crippen LogP contribution < -0.4 is 0 Å². The summed E-state index contributed by atoms with van der Waals surface area (Å²) >= 11 is 0. The molecule has 2 nitrogen and oxygen atoms in total. The van der Waals surface area contributed by atoms with E-state index in [2.05, 4.69) is 16.9 Å². The Balaban J connectivity index is 2.15. The van der Waals surface area contributed by atoms with E-state index >= 15 is 0 Å². The van der Waals surface area contributed by atoms with Crippen LogP contribution in [0.1, 0.15) is 31.5 Å². The summed E-state index contributed by atoms with van der Waals surface area (Å²) in [5.74, 6) is 0. The first-order valence-electron chi connectivity index (χ1n) is 3.78. The smallest absolute Gasteiger partial charge is 0.0567 e. The minimum Gasteiger partial charge on any atom is -0.260 e. The van der Waals surface area contributed by atoms with Crippen molar-refractivity contribution in [3.63, 3.8) is 0 Å². The molecule has 0 spiro atoms. The van der Waals surface area contributed by atoms with Gasteiger partial charge in [-0.2, -0.15) is 5.10 Å². The van der Waals surface area contributed by atoms with Crippen LogP contribution in [0.2, 0.25) is 0 Å². The third-order valence-electron chi connectivity index (χ3n) is 1.50. The van der Waals surface area contributed by atoms with Gasteiger partial charge in [0, 0.05) is 13.6 Å². The molecule has 1 rings (SSSR count). The number of aromatic nitrogens is 2. The molecule has 56 valence electrons. The van der Waals surface area contributed by atoms with Gasteiger partial charge in [-0.1, -0.05) is 19.8 Å². The molecule has 3 heteroatoms. The van der Waals surface area contributed by atoms with Crippen molar-refractivity contribution in [3.05, 3.63) is 11.5 Å². The Kier molecular flexibility index (Phi) is 3.45. The molecule has 1 aromatic heterocycles. The van der Waals surface area contributed by atoms with Crippen molar-refractivity contribution in [2.24, 2.45) is 0 Å². The number of aromatic amines is 1. The summed E-state index contributed by atoms with van der Waals surface area (Å²) in [5, 5.41) is 5.34. The zero-order chi connectivity index (χ0) is 7.23. The van der Waals surface area contributed by atoms with E-state index in [1.165, 1.54) is 39.3 Å². The first-order valence-corrected chi connectivity index (χ1v) is 4.67. The minimum atomic E-state index is 1.20. The first kappa shape index (κ1) is 7.74. The van der Waals surface area contributed by atoms with Crippen LogP contribution in [0, 0.1) is 0 Å². The second-order valence-electron chi connectivity index (χ2n) is 2.42. The van der Waals surface area contributed by atoms with Crippen molar-refractivity contribution >= 4 is 8.35 Å². The third-order valence-corrected chi connectivity index (χ3v) is 2.34. The number of rotatable bonds is 4. The molecule has 1 aromatic rings. The molecule has 1 N–H and O–H groups in total. The van der Waals surface area contributed by atoms with E-state index in [0.717, 1.165) is 0 Å². The Morgan fingerprint density at radius 2 is 2.50 bits per heavy atom. The highest BCUT2D eigenvalue weighted by Crippen LogP contribution is 2.11. The SMILES string of the molecule is CCCCCc1cn[nH]p1. The van der Waals surface area contributed by atoms with Crippen LogP contribution in [0.3, 0.4) is 0 Å². The van der Waals surface area contributed by atoms with Crippen LogP contribution in [0.15, 0.2) is 6.20 Å². The second-order valence-corrected chi connectivity index (χ2v) is 3.42. The Labute approximate surface area is 63.2 Å². The molecular formula is C7H13N2P. The van der Waals surface area contributed by atoms with Gasteiger partial charge < -0.3 is 0 Å². The summed E-state index contributed by atoms with van der Waals surface area (Å²) in [6.07, 6.45) is 7.11. The lowest BCUT2D eigenvalue weighted by Gasteiger charge is -1.92. The lowest BCUT2D eigenvalue weighted by Crippen LogP contribution is -1.78. The van der Waals surface area contributed by atoms with Gasteiger partial charge in [-0.25, -0.2) is 0 Å². The molecule has 0 atom stereocenters. The zero-order valence-corrected chi connectivity index (χ0v) is 7.19. The van der Waals surface area contributed by atoms with Gasteiger partial charge in [0.15, 0.2) is 0 Å². The fourth-order valence-electron chi connectivity index (χ4n) is 0.902. The van der Waals surface area contributed by atoms with Gasteiger partial charge in [0.1, 0.15) is 0 Å². The van der Waals surface area contributed by atoms with Gasteiger partial charge in [-0.3, -0.25) is 4.86 Å². The quantitative estimate of drug-likeness (QED) is 0.667. The second kappa shape index (κ2) is 4.45. The summed E-state index contributed by atoms with van der Waals surface area (Å²) in [5.41, 5.74) is 0. The van der Waals surface area contributed by atoms with Crippen molar-refractivity contribution in [2.45, 2.75) is 32.6 Å². The molecule has 1 heterocycles. The van der Waals surface area contributed by atoms with E-state index in [4.69, 9.17) is 0 Å². The van der Waals surface area contributed by atoms with Gasteiger partial charge in [0.25, 0.3) is 0 Å². The fraction of sp³-hybridized carbons (Fsp3) is 0.714. The first-order chi connectivity index (χ1) is 4.93. The molecule has 0 aliphatic rings. The van der Waals surface area contributed by atoms with E-state index in [9.17, 15) is 0 Å². The molecule has 0 bridgehead atoms.